The summed E-state index contributed by atoms with van der Waals surface area (Å²) in [6, 6.07) is 0.402. The quantitative estimate of drug-likeness (QED) is 0.383. The minimum absolute atomic E-state index is 0. The lowest BCUT2D eigenvalue weighted by atomic mass is 9.56. The van der Waals surface area contributed by atoms with Gasteiger partial charge in [0, 0.05) is 38.2 Å². The Morgan fingerprint density at radius 2 is 2.04 bits per heavy atom. The summed E-state index contributed by atoms with van der Waals surface area (Å²) >= 11 is 0. The number of ether oxygens (including phenoxy) is 1. The Hall–Kier alpha value is -0.0800. The van der Waals surface area contributed by atoms with E-state index in [9.17, 15) is 0 Å². The number of nitrogens with one attached hydrogen (secondary N) is 2. The van der Waals surface area contributed by atoms with E-state index in [4.69, 9.17) is 9.73 Å². The van der Waals surface area contributed by atoms with Gasteiger partial charge in [0.1, 0.15) is 0 Å². The normalized spacial score (nSPS) is 33.3. The summed E-state index contributed by atoms with van der Waals surface area (Å²) < 4.78 is 5.72. The molecule has 0 aromatic rings. The van der Waals surface area contributed by atoms with E-state index in [2.05, 4.69) is 50.3 Å². The minimum Gasteiger partial charge on any atom is -0.378 e. The Morgan fingerprint density at radius 3 is 2.58 bits per heavy atom. The molecule has 0 aromatic carbocycles. The molecule has 0 radical (unpaired) electrons. The van der Waals surface area contributed by atoms with Crippen LogP contribution in [0, 0.1) is 11.3 Å². The van der Waals surface area contributed by atoms with Crippen LogP contribution in [0.3, 0.4) is 0 Å². The zero-order valence-electron chi connectivity index (χ0n) is 16.3. The van der Waals surface area contributed by atoms with Gasteiger partial charge in [-0.25, -0.2) is 0 Å². The molecule has 2 N–H and O–H groups in total. The molecule has 0 amide bonds. The number of likely N-dealkylation sites (tertiary alicyclic amines) is 1. The molecular weight excluding hydrogens is 415 g/mol. The van der Waals surface area contributed by atoms with Gasteiger partial charge in [-0.2, -0.15) is 0 Å². The molecule has 6 heteroatoms. The summed E-state index contributed by atoms with van der Waals surface area (Å²) in [5.41, 5.74) is 0.0526. The van der Waals surface area contributed by atoms with Crippen LogP contribution in [0.2, 0.25) is 0 Å². The number of guanidine groups is 1. The van der Waals surface area contributed by atoms with Crippen molar-refractivity contribution in [1.82, 2.24) is 15.5 Å². The highest BCUT2D eigenvalue weighted by molar-refractivity contribution is 14.0. The van der Waals surface area contributed by atoms with Gasteiger partial charge in [0.15, 0.2) is 5.96 Å². The van der Waals surface area contributed by atoms with Gasteiger partial charge in [0.2, 0.25) is 0 Å². The fourth-order valence-electron chi connectivity index (χ4n) is 3.85. The molecule has 2 rings (SSSR count). The van der Waals surface area contributed by atoms with Crippen LogP contribution in [0.5, 0.6) is 0 Å². The monoisotopic (exact) mass is 452 g/mol. The van der Waals surface area contributed by atoms with E-state index >= 15 is 0 Å². The lowest BCUT2D eigenvalue weighted by Gasteiger charge is -2.59. The zero-order valence-corrected chi connectivity index (χ0v) is 18.6. The predicted molar refractivity (Wildman–Crippen MR) is 112 cm³/mol. The molecule has 3 unspecified atom stereocenters. The van der Waals surface area contributed by atoms with E-state index in [0.29, 0.717) is 12.0 Å². The molecule has 0 aromatic heterocycles. The van der Waals surface area contributed by atoms with E-state index in [0.717, 1.165) is 25.5 Å². The van der Waals surface area contributed by atoms with Crippen molar-refractivity contribution in [2.24, 2.45) is 16.3 Å². The van der Waals surface area contributed by atoms with Crippen LogP contribution in [0.25, 0.3) is 0 Å². The van der Waals surface area contributed by atoms with E-state index in [1.54, 1.807) is 0 Å². The predicted octanol–water partition coefficient (Wildman–Crippen LogP) is 2.70. The van der Waals surface area contributed by atoms with Crippen LogP contribution in [-0.2, 0) is 4.74 Å². The lowest BCUT2D eigenvalue weighted by molar-refractivity contribution is -0.176. The summed E-state index contributed by atoms with van der Waals surface area (Å²) in [4.78, 5) is 7.28. The molecule has 0 bridgehead atoms. The first kappa shape index (κ1) is 22.0. The highest BCUT2D eigenvalue weighted by Gasteiger charge is 2.58. The molecule has 5 nitrogen and oxygen atoms in total. The van der Waals surface area contributed by atoms with Crippen LogP contribution in [-0.4, -0.2) is 62.8 Å². The molecule has 1 heterocycles. The summed E-state index contributed by atoms with van der Waals surface area (Å²) in [6.07, 6.45) is 3.61. The van der Waals surface area contributed by atoms with Crippen molar-refractivity contribution in [1.29, 1.82) is 0 Å². The smallest absolute Gasteiger partial charge is 0.191 e. The van der Waals surface area contributed by atoms with Crippen molar-refractivity contribution in [3.05, 3.63) is 0 Å². The van der Waals surface area contributed by atoms with E-state index < -0.39 is 0 Å². The summed E-state index contributed by atoms with van der Waals surface area (Å²) in [5.74, 6) is 1.64. The Morgan fingerprint density at radius 1 is 1.33 bits per heavy atom. The number of nitrogens with zero attached hydrogens (tertiary/aromatic N) is 2. The third kappa shape index (κ3) is 4.75. The highest BCUT2D eigenvalue weighted by atomic mass is 127. The molecule has 0 spiro atoms. The van der Waals surface area contributed by atoms with Gasteiger partial charge >= 0.3 is 0 Å². The number of piperidine rings is 1. The zero-order chi connectivity index (χ0) is 17.1. The van der Waals surface area contributed by atoms with Crippen LogP contribution in [0.4, 0.5) is 0 Å². The first-order chi connectivity index (χ1) is 10.8. The van der Waals surface area contributed by atoms with Crippen LogP contribution in [0.15, 0.2) is 4.99 Å². The third-order valence-electron chi connectivity index (χ3n) is 6.16. The van der Waals surface area contributed by atoms with Crippen LogP contribution in [0.1, 0.15) is 47.0 Å². The van der Waals surface area contributed by atoms with Crippen molar-refractivity contribution >= 4 is 29.9 Å². The molecule has 1 aliphatic heterocycles. The fourth-order valence-corrected chi connectivity index (χ4v) is 3.85. The number of methoxy groups -OCH3 is 1. The second-order valence-corrected chi connectivity index (χ2v) is 8.05. The van der Waals surface area contributed by atoms with Crippen LogP contribution >= 0.6 is 24.0 Å². The molecule has 24 heavy (non-hydrogen) atoms. The minimum atomic E-state index is -0.0475. The maximum absolute atomic E-state index is 5.72. The number of rotatable bonds is 5. The van der Waals surface area contributed by atoms with Crippen LogP contribution < -0.4 is 10.6 Å². The Labute approximate surface area is 165 Å². The number of hydrogen-bond acceptors (Lipinski definition) is 3. The van der Waals surface area contributed by atoms with E-state index in [1.807, 2.05) is 7.11 Å². The molecule has 1 aliphatic carbocycles. The standard InChI is InChI=1S/C18H36N4O.HI/c1-7-19-16(20-12-14-9-8-10-22(5)13-14)21-15-11-18(4,23-6)17(15,2)3;/h14-15H,7-13H2,1-6H3,(H2,19,20,21);1H. The van der Waals surface area contributed by atoms with Gasteiger partial charge in [-0.1, -0.05) is 13.8 Å². The molecule has 1 saturated carbocycles. The summed E-state index contributed by atoms with van der Waals surface area (Å²) in [6.45, 7) is 13.1. The maximum atomic E-state index is 5.72. The Kier molecular flexibility index (Phi) is 8.26. The lowest BCUT2D eigenvalue weighted by Crippen LogP contribution is -2.69. The van der Waals surface area contributed by atoms with E-state index in [-0.39, 0.29) is 35.0 Å². The highest BCUT2D eigenvalue weighted by Crippen LogP contribution is 2.51. The molecule has 142 valence electrons. The largest absolute Gasteiger partial charge is 0.378 e. The van der Waals surface area contributed by atoms with Crippen molar-refractivity contribution in [3.63, 3.8) is 0 Å². The Bertz CT molecular complexity index is 429. The van der Waals surface area contributed by atoms with Gasteiger partial charge in [-0.05, 0) is 52.6 Å². The van der Waals surface area contributed by atoms with Gasteiger partial charge in [0.25, 0.3) is 0 Å². The molecule has 2 aliphatic rings. The number of halogens is 1. The van der Waals surface area contributed by atoms with Gasteiger partial charge in [0.05, 0.1) is 5.60 Å². The topological polar surface area (TPSA) is 48.9 Å². The summed E-state index contributed by atoms with van der Waals surface area (Å²) in [7, 11) is 4.03. The molecule has 2 fully saturated rings. The fraction of sp³-hybridized carbons (Fsp3) is 0.944. The average molecular weight is 452 g/mol. The second kappa shape index (κ2) is 9.03. The van der Waals surface area contributed by atoms with Gasteiger partial charge in [-0.15, -0.1) is 24.0 Å². The number of aliphatic imine (C=N–C) groups is 1. The number of hydrogen-bond donors (Lipinski definition) is 2. The van der Waals surface area contributed by atoms with E-state index in [1.165, 1.54) is 25.9 Å². The SMILES string of the molecule is CCNC(=NCC1CCCN(C)C1)NC1CC(C)(OC)C1(C)C.I. The third-order valence-corrected chi connectivity index (χ3v) is 6.16. The first-order valence-electron chi connectivity index (χ1n) is 9.11. The van der Waals surface area contributed by atoms with Gasteiger partial charge in [-0.3, -0.25) is 4.99 Å². The molecule has 1 saturated heterocycles. The summed E-state index contributed by atoms with van der Waals surface area (Å²) in [5, 5.41) is 7.03. The average Bonchev–Trinajstić information content (AvgIpc) is 2.52. The second-order valence-electron chi connectivity index (χ2n) is 8.05. The van der Waals surface area contributed by atoms with Crippen molar-refractivity contribution < 1.29 is 4.74 Å². The molecular formula is C18H37IN4O. The van der Waals surface area contributed by atoms with Crippen molar-refractivity contribution in [3.8, 4) is 0 Å². The van der Waals surface area contributed by atoms with Crippen molar-refractivity contribution in [2.75, 3.05) is 40.3 Å². The Balaban J connectivity index is 0.00000288. The van der Waals surface area contributed by atoms with Gasteiger partial charge < -0.3 is 20.3 Å². The van der Waals surface area contributed by atoms with Crippen molar-refractivity contribution in [2.45, 2.75) is 58.6 Å². The maximum Gasteiger partial charge on any atom is 0.191 e. The first-order valence-corrected chi connectivity index (χ1v) is 9.11. The molecule has 3 atom stereocenters.